The molecule has 0 atom stereocenters. The summed E-state index contributed by atoms with van der Waals surface area (Å²) in [6.45, 7) is 0.485. The van der Waals surface area contributed by atoms with E-state index in [1.165, 1.54) is 0 Å². The van der Waals surface area contributed by atoms with Crippen molar-refractivity contribution in [2.75, 3.05) is 7.11 Å². The number of nitrogens with one attached hydrogen (secondary N) is 1. The lowest BCUT2D eigenvalue weighted by Gasteiger charge is -2.39. The molecular formula is C14H19NO3. The van der Waals surface area contributed by atoms with Gasteiger partial charge < -0.3 is 15.2 Å². The summed E-state index contributed by atoms with van der Waals surface area (Å²) in [6, 6.07) is 6.82. The van der Waals surface area contributed by atoms with Gasteiger partial charge >= 0.3 is 0 Å². The first kappa shape index (κ1) is 12.9. The summed E-state index contributed by atoms with van der Waals surface area (Å²) in [7, 11) is 1.67. The fourth-order valence-corrected chi connectivity index (χ4v) is 2.19. The van der Waals surface area contributed by atoms with Crippen molar-refractivity contribution in [3.8, 4) is 5.75 Å². The largest absolute Gasteiger partial charge is 0.508 e. The third-order valence-corrected chi connectivity index (χ3v) is 3.61. The van der Waals surface area contributed by atoms with Crippen molar-refractivity contribution in [2.24, 2.45) is 0 Å². The highest BCUT2D eigenvalue weighted by Gasteiger charge is 2.38. The zero-order chi connectivity index (χ0) is 13.0. The Bertz CT molecular complexity index is 404. The highest BCUT2D eigenvalue weighted by atomic mass is 16.5. The Morgan fingerprint density at radius 3 is 2.56 bits per heavy atom. The fraction of sp³-hybridized carbons (Fsp3) is 0.500. The summed E-state index contributed by atoms with van der Waals surface area (Å²) in [4.78, 5) is 11.8. The zero-order valence-electron chi connectivity index (χ0n) is 10.6. The normalized spacial score (nSPS) is 16.9. The zero-order valence-corrected chi connectivity index (χ0v) is 10.6. The minimum absolute atomic E-state index is 0.0182. The molecule has 0 heterocycles. The first-order valence-corrected chi connectivity index (χ1v) is 6.23. The Labute approximate surface area is 107 Å². The highest BCUT2D eigenvalue weighted by molar-refractivity contribution is 5.77. The van der Waals surface area contributed by atoms with E-state index >= 15 is 0 Å². The highest BCUT2D eigenvalue weighted by Crippen LogP contribution is 2.37. The summed E-state index contributed by atoms with van der Waals surface area (Å²) in [5.74, 6) is 0.252. The van der Waals surface area contributed by atoms with Gasteiger partial charge in [0.2, 0.25) is 5.91 Å². The van der Waals surface area contributed by atoms with Crippen molar-refractivity contribution in [1.29, 1.82) is 0 Å². The van der Waals surface area contributed by atoms with Crippen LogP contribution in [0, 0.1) is 0 Å². The number of rotatable bonds is 5. The Kier molecular flexibility index (Phi) is 3.87. The predicted octanol–water partition coefficient (Wildman–Crippen LogP) is 1.97. The molecule has 0 aliphatic heterocycles. The van der Waals surface area contributed by atoms with E-state index in [9.17, 15) is 4.79 Å². The first-order chi connectivity index (χ1) is 8.63. The maximum atomic E-state index is 11.8. The quantitative estimate of drug-likeness (QED) is 0.838. The lowest BCUT2D eigenvalue weighted by Crippen LogP contribution is -2.43. The smallest absolute Gasteiger partial charge is 0.223 e. The fourth-order valence-electron chi connectivity index (χ4n) is 2.19. The summed E-state index contributed by atoms with van der Waals surface area (Å²) in [5, 5.41) is 12.0. The molecule has 1 aromatic rings. The van der Waals surface area contributed by atoms with Gasteiger partial charge in [-0.2, -0.15) is 0 Å². The molecule has 0 radical (unpaired) electrons. The number of hydrogen-bond donors (Lipinski definition) is 2. The van der Waals surface area contributed by atoms with E-state index in [1.807, 2.05) is 0 Å². The lowest BCUT2D eigenvalue weighted by atomic mass is 9.77. The van der Waals surface area contributed by atoms with Crippen LogP contribution < -0.4 is 5.32 Å². The number of carbonyl (C=O) groups is 1. The van der Waals surface area contributed by atoms with Crippen LogP contribution in [0.2, 0.25) is 0 Å². The third-order valence-electron chi connectivity index (χ3n) is 3.61. The third kappa shape index (κ3) is 3.01. The van der Waals surface area contributed by atoms with Gasteiger partial charge in [0.05, 0.1) is 12.0 Å². The maximum absolute atomic E-state index is 11.8. The Hall–Kier alpha value is -1.55. The second-order valence-electron chi connectivity index (χ2n) is 4.86. The van der Waals surface area contributed by atoms with Crippen LogP contribution in [0.3, 0.4) is 0 Å². The van der Waals surface area contributed by atoms with Crippen molar-refractivity contribution in [2.45, 2.75) is 37.8 Å². The van der Waals surface area contributed by atoms with E-state index in [2.05, 4.69) is 5.32 Å². The molecule has 1 saturated carbocycles. The number of ether oxygens (including phenoxy) is 1. The SMILES string of the molecule is COC1(CC(=O)NCc2ccc(O)cc2)CCC1. The predicted molar refractivity (Wildman–Crippen MR) is 68.2 cm³/mol. The van der Waals surface area contributed by atoms with E-state index in [0.717, 1.165) is 24.8 Å². The minimum atomic E-state index is -0.223. The van der Waals surface area contributed by atoms with Crippen molar-refractivity contribution in [3.05, 3.63) is 29.8 Å². The van der Waals surface area contributed by atoms with Gasteiger partial charge in [0.15, 0.2) is 0 Å². The summed E-state index contributed by atoms with van der Waals surface area (Å²) in [5.41, 5.74) is 0.750. The maximum Gasteiger partial charge on any atom is 0.223 e. The van der Waals surface area contributed by atoms with E-state index < -0.39 is 0 Å². The molecule has 98 valence electrons. The van der Waals surface area contributed by atoms with Crippen LogP contribution in [-0.2, 0) is 16.1 Å². The lowest BCUT2D eigenvalue weighted by molar-refractivity contribution is -0.134. The number of methoxy groups -OCH3 is 1. The molecular weight excluding hydrogens is 230 g/mol. The standard InChI is InChI=1S/C14H19NO3/c1-18-14(7-2-8-14)9-13(17)15-10-11-3-5-12(16)6-4-11/h3-6,16H,2,7-10H2,1H3,(H,15,17). The van der Waals surface area contributed by atoms with Crippen LogP contribution >= 0.6 is 0 Å². The molecule has 1 fully saturated rings. The number of carbonyl (C=O) groups excluding carboxylic acids is 1. The van der Waals surface area contributed by atoms with Crippen LogP contribution in [-0.4, -0.2) is 23.7 Å². The van der Waals surface area contributed by atoms with Gasteiger partial charge in [-0.1, -0.05) is 12.1 Å². The molecule has 1 aliphatic carbocycles. The Balaban J connectivity index is 1.79. The molecule has 0 aromatic heterocycles. The molecule has 4 heteroatoms. The van der Waals surface area contributed by atoms with Gasteiger partial charge in [-0.15, -0.1) is 0 Å². The molecule has 2 rings (SSSR count). The number of benzene rings is 1. The van der Waals surface area contributed by atoms with Gasteiger partial charge in [-0.25, -0.2) is 0 Å². The van der Waals surface area contributed by atoms with Crippen molar-refractivity contribution in [1.82, 2.24) is 5.32 Å². The van der Waals surface area contributed by atoms with Gasteiger partial charge in [-0.05, 0) is 37.0 Å². The molecule has 4 nitrogen and oxygen atoms in total. The van der Waals surface area contributed by atoms with E-state index in [-0.39, 0.29) is 17.3 Å². The number of amides is 1. The van der Waals surface area contributed by atoms with Crippen LogP contribution in [0.25, 0.3) is 0 Å². The van der Waals surface area contributed by atoms with Crippen LogP contribution in [0.5, 0.6) is 5.75 Å². The molecule has 2 N–H and O–H groups in total. The second kappa shape index (κ2) is 5.40. The number of phenols is 1. The molecule has 18 heavy (non-hydrogen) atoms. The van der Waals surface area contributed by atoms with Crippen LogP contribution in [0.1, 0.15) is 31.2 Å². The van der Waals surface area contributed by atoms with Gasteiger partial charge in [0.1, 0.15) is 5.75 Å². The van der Waals surface area contributed by atoms with Gasteiger partial charge in [-0.3, -0.25) is 4.79 Å². The molecule has 0 saturated heterocycles. The molecule has 1 aliphatic rings. The minimum Gasteiger partial charge on any atom is -0.508 e. The molecule has 1 aromatic carbocycles. The molecule has 0 spiro atoms. The number of hydrogen-bond acceptors (Lipinski definition) is 3. The van der Waals surface area contributed by atoms with Crippen molar-refractivity contribution in [3.63, 3.8) is 0 Å². The average Bonchev–Trinajstić information content (AvgIpc) is 2.33. The second-order valence-corrected chi connectivity index (χ2v) is 4.86. The summed E-state index contributed by atoms with van der Waals surface area (Å²) < 4.78 is 5.42. The first-order valence-electron chi connectivity index (χ1n) is 6.23. The summed E-state index contributed by atoms with van der Waals surface area (Å²) in [6.07, 6.45) is 3.51. The van der Waals surface area contributed by atoms with Gasteiger partial charge in [0.25, 0.3) is 0 Å². The monoisotopic (exact) mass is 249 g/mol. The number of aromatic hydroxyl groups is 1. The molecule has 0 unspecified atom stereocenters. The van der Waals surface area contributed by atoms with E-state index in [4.69, 9.17) is 9.84 Å². The molecule has 1 amide bonds. The van der Waals surface area contributed by atoms with E-state index in [1.54, 1.807) is 31.4 Å². The Morgan fingerprint density at radius 1 is 1.39 bits per heavy atom. The van der Waals surface area contributed by atoms with Crippen molar-refractivity contribution < 1.29 is 14.6 Å². The van der Waals surface area contributed by atoms with E-state index in [0.29, 0.717) is 13.0 Å². The Morgan fingerprint density at radius 2 is 2.06 bits per heavy atom. The van der Waals surface area contributed by atoms with Crippen molar-refractivity contribution >= 4 is 5.91 Å². The van der Waals surface area contributed by atoms with Gasteiger partial charge in [0, 0.05) is 13.7 Å². The molecule has 0 bridgehead atoms. The van der Waals surface area contributed by atoms with Crippen LogP contribution in [0.15, 0.2) is 24.3 Å². The number of phenolic OH excluding ortho intramolecular Hbond substituents is 1. The topological polar surface area (TPSA) is 58.6 Å². The average molecular weight is 249 g/mol. The van der Waals surface area contributed by atoms with Crippen LogP contribution in [0.4, 0.5) is 0 Å². The summed E-state index contributed by atoms with van der Waals surface area (Å²) >= 11 is 0.